The van der Waals surface area contributed by atoms with Crippen LogP contribution >= 0.6 is 0 Å². The zero-order chi connectivity index (χ0) is 13.7. The van der Waals surface area contributed by atoms with Gasteiger partial charge in [0.15, 0.2) is 0 Å². The Balaban J connectivity index is 1.81. The minimum absolute atomic E-state index is 0.544. The maximum Gasteiger partial charge on any atom is 0.251 e. The van der Waals surface area contributed by atoms with E-state index in [9.17, 15) is 0 Å². The molecule has 2 aromatic rings. The predicted molar refractivity (Wildman–Crippen MR) is 79.6 cm³/mol. The van der Waals surface area contributed by atoms with Gasteiger partial charge in [-0.3, -0.25) is 0 Å². The van der Waals surface area contributed by atoms with E-state index < -0.39 is 5.79 Å². The monoisotopic (exact) mass is 267 g/mol. The van der Waals surface area contributed by atoms with E-state index in [1.807, 2.05) is 60.7 Å². The second-order valence-electron chi connectivity index (χ2n) is 5.11. The van der Waals surface area contributed by atoms with Gasteiger partial charge < -0.3 is 9.47 Å². The molecule has 1 aliphatic carbocycles. The number of ether oxygens (including phenoxy) is 2. The van der Waals surface area contributed by atoms with Crippen LogP contribution in [0.3, 0.4) is 0 Å². The highest BCUT2D eigenvalue weighted by atomic mass is 16.7. The molecule has 0 bridgehead atoms. The zero-order valence-electron chi connectivity index (χ0n) is 11.5. The van der Waals surface area contributed by atoms with Crippen molar-refractivity contribution in [1.29, 1.82) is 0 Å². The van der Waals surface area contributed by atoms with Crippen molar-refractivity contribution in [3.63, 3.8) is 0 Å². The molecule has 2 aromatic carbocycles. The molecular formula is C18H19O2. The first-order valence-corrected chi connectivity index (χ1v) is 7.16. The maximum atomic E-state index is 6.20. The molecule has 0 heterocycles. The van der Waals surface area contributed by atoms with E-state index >= 15 is 0 Å². The van der Waals surface area contributed by atoms with Gasteiger partial charge in [-0.25, -0.2) is 0 Å². The molecule has 0 aliphatic heterocycles. The van der Waals surface area contributed by atoms with E-state index in [-0.39, 0.29) is 0 Å². The second kappa shape index (κ2) is 6.00. The fourth-order valence-electron chi connectivity index (χ4n) is 2.54. The van der Waals surface area contributed by atoms with Crippen LogP contribution in [0.5, 0.6) is 11.5 Å². The lowest BCUT2D eigenvalue weighted by molar-refractivity contribution is -0.131. The quantitative estimate of drug-likeness (QED) is 0.753. The number of benzene rings is 2. The van der Waals surface area contributed by atoms with E-state index in [1.165, 1.54) is 0 Å². The van der Waals surface area contributed by atoms with Crippen molar-refractivity contribution in [2.24, 2.45) is 0 Å². The minimum Gasteiger partial charge on any atom is -0.452 e. The first-order chi connectivity index (χ1) is 9.86. The summed E-state index contributed by atoms with van der Waals surface area (Å²) in [6.45, 7) is 0. The Morgan fingerprint density at radius 2 is 1.10 bits per heavy atom. The van der Waals surface area contributed by atoms with Crippen LogP contribution in [0.15, 0.2) is 60.7 Å². The number of hydrogen-bond acceptors (Lipinski definition) is 2. The normalized spacial score (nSPS) is 17.4. The molecule has 0 spiro atoms. The number of rotatable bonds is 4. The first kappa shape index (κ1) is 13.0. The number of para-hydroxylation sites is 2. The van der Waals surface area contributed by atoms with Crippen molar-refractivity contribution in [3.8, 4) is 11.5 Å². The van der Waals surface area contributed by atoms with Crippen molar-refractivity contribution in [2.45, 2.75) is 31.5 Å². The van der Waals surface area contributed by atoms with Gasteiger partial charge >= 0.3 is 0 Å². The van der Waals surface area contributed by atoms with E-state index in [4.69, 9.17) is 9.47 Å². The molecular weight excluding hydrogens is 248 g/mol. The molecule has 2 nitrogen and oxygen atoms in total. The van der Waals surface area contributed by atoms with Crippen LogP contribution in [0.2, 0.25) is 0 Å². The molecule has 2 heteroatoms. The lowest BCUT2D eigenvalue weighted by atomic mass is 9.94. The molecule has 0 atom stereocenters. The van der Waals surface area contributed by atoms with Crippen LogP contribution in [0.25, 0.3) is 0 Å². The van der Waals surface area contributed by atoms with Crippen molar-refractivity contribution >= 4 is 0 Å². The van der Waals surface area contributed by atoms with Gasteiger partial charge in [-0.1, -0.05) is 36.4 Å². The molecule has 0 N–H and O–H groups in total. The fourth-order valence-corrected chi connectivity index (χ4v) is 2.54. The summed E-state index contributed by atoms with van der Waals surface area (Å²) in [4.78, 5) is 0. The summed E-state index contributed by atoms with van der Waals surface area (Å²) < 4.78 is 12.4. The summed E-state index contributed by atoms with van der Waals surface area (Å²) in [5.74, 6) is 1.19. The lowest BCUT2D eigenvalue weighted by Crippen LogP contribution is -2.44. The fraction of sp³-hybridized carbons (Fsp3) is 0.278. The summed E-state index contributed by atoms with van der Waals surface area (Å²) in [7, 11) is 0. The molecule has 1 fully saturated rings. The van der Waals surface area contributed by atoms with Gasteiger partial charge in [0.1, 0.15) is 11.5 Å². The van der Waals surface area contributed by atoms with Crippen molar-refractivity contribution in [2.75, 3.05) is 0 Å². The molecule has 1 radical (unpaired) electrons. The van der Waals surface area contributed by atoms with Gasteiger partial charge in [-0.15, -0.1) is 0 Å². The molecule has 1 saturated carbocycles. The minimum atomic E-state index is -0.544. The molecule has 1 aliphatic rings. The van der Waals surface area contributed by atoms with E-state index in [1.54, 1.807) is 0 Å². The highest BCUT2D eigenvalue weighted by Gasteiger charge is 2.36. The Morgan fingerprint density at radius 1 is 0.650 bits per heavy atom. The average molecular weight is 267 g/mol. The molecule has 20 heavy (non-hydrogen) atoms. The predicted octanol–water partition coefficient (Wildman–Crippen LogP) is 4.62. The molecule has 3 rings (SSSR count). The Bertz CT molecular complexity index is 472. The summed E-state index contributed by atoms with van der Waals surface area (Å²) in [6, 6.07) is 19.9. The average Bonchev–Trinajstić information content (AvgIpc) is 2.50. The molecule has 0 aromatic heterocycles. The highest BCUT2D eigenvalue weighted by Crippen LogP contribution is 2.34. The summed E-state index contributed by atoms with van der Waals surface area (Å²) in [5.41, 5.74) is 0. The van der Waals surface area contributed by atoms with Gasteiger partial charge in [0, 0.05) is 12.8 Å². The van der Waals surface area contributed by atoms with Gasteiger partial charge in [0.25, 0.3) is 5.79 Å². The van der Waals surface area contributed by atoms with Gasteiger partial charge in [0.05, 0.1) is 0 Å². The lowest BCUT2D eigenvalue weighted by Gasteiger charge is -2.37. The van der Waals surface area contributed by atoms with Crippen LogP contribution in [0, 0.1) is 6.42 Å². The van der Waals surface area contributed by atoms with Gasteiger partial charge in [0.2, 0.25) is 0 Å². The Morgan fingerprint density at radius 3 is 1.55 bits per heavy atom. The maximum absolute atomic E-state index is 6.20. The zero-order valence-corrected chi connectivity index (χ0v) is 11.5. The third-order valence-electron chi connectivity index (χ3n) is 3.55. The largest absolute Gasteiger partial charge is 0.452 e. The van der Waals surface area contributed by atoms with Crippen LogP contribution in [-0.4, -0.2) is 5.79 Å². The van der Waals surface area contributed by atoms with Crippen molar-refractivity contribution in [3.05, 3.63) is 67.1 Å². The molecule has 0 unspecified atom stereocenters. The van der Waals surface area contributed by atoms with E-state index in [0.29, 0.717) is 0 Å². The summed E-state index contributed by atoms with van der Waals surface area (Å²) in [5, 5.41) is 0. The molecule has 103 valence electrons. The number of hydrogen-bond donors (Lipinski definition) is 0. The van der Waals surface area contributed by atoms with Crippen molar-refractivity contribution in [1.82, 2.24) is 0 Å². The van der Waals surface area contributed by atoms with E-state index in [2.05, 4.69) is 6.42 Å². The Hall–Kier alpha value is -1.96. The van der Waals surface area contributed by atoms with Crippen LogP contribution in [0.4, 0.5) is 0 Å². The van der Waals surface area contributed by atoms with E-state index in [0.717, 1.165) is 37.2 Å². The standard InChI is InChI=1S/C18H19O2/c1-4-10-16(11-5-1)19-18(14-8-3-9-15-18)20-17-12-6-2-7-13-17/h1-7,10-13H,8-9,14-15H2. The van der Waals surface area contributed by atoms with Gasteiger partial charge in [-0.05, 0) is 43.5 Å². The smallest absolute Gasteiger partial charge is 0.251 e. The molecule has 0 amide bonds. The SMILES string of the molecule is [CH]1CCC(Oc2ccccc2)(Oc2ccccc2)CC1. The van der Waals surface area contributed by atoms with Crippen molar-refractivity contribution < 1.29 is 9.47 Å². The summed E-state index contributed by atoms with van der Waals surface area (Å²) in [6.07, 6.45) is 6.13. The third-order valence-corrected chi connectivity index (χ3v) is 3.55. The molecule has 0 saturated heterocycles. The third kappa shape index (κ3) is 3.13. The highest BCUT2D eigenvalue weighted by molar-refractivity contribution is 5.24. The second-order valence-corrected chi connectivity index (χ2v) is 5.11. The first-order valence-electron chi connectivity index (χ1n) is 7.16. The van der Waals surface area contributed by atoms with Gasteiger partial charge in [-0.2, -0.15) is 0 Å². The Kier molecular flexibility index (Phi) is 3.91. The topological polar surface area (TPSA) is 18.5 Å². The Labute approximate surface area is 120 Å². The van der Waals surface area contributed by atoms with Crippen LogP contribution in [-0.2, 0) is 0 Å². The van der Waals surface area contributed by atoms with Crippen LogP contribution in [0.1, 0.15) is 25.7 Å². The van der Waals surface area contributed by atoms with Crippen LogP contribution < -0.4 is 9.47 Å². The summed E-state index contributed by atoms with van der Waals surface area (Å²) >= 11 is 0.